The van der Waals surface area contributed by atoms with Crippen LogP contribution in [0.5, 0.6) is 0 Å². The van der Waals surface area contributed by atoms with Gasteiger partial charge in [0.25, 0.3) is 0 Å². The molecule has 7 heteroatoms. The predicted octanol–water partition coefficient (Wildman–Crippen LogP) is 4.11. The minimum Gasteiger partial charge on any atom is -0.462 e. The third-order valence-electron chi connectivity index (χ3n) is 7.08. The number of hydrogen-bond donors (Lipinski definition) is 0. The maximum absolute atomic E-state index is 13.2. The average molecular weight is 445 g/mol. The van der Waals surface area contributed by atoms with Gasteiger partial charge in [0.1, 0.15) is 18.9 Å². The lowest BCUT2D eigenvalue weighted by molar-refractivity contribution is -0.147. The van der Waals surface area contributed by atoms with E-state index in [-0.39, 0.29) is 43.0 Å². The molecule has 4 heterocycles. The largest absolute Gasteiger partial charge is 0.462 e. The maximum Gasteiger partial charge on any atom is 0.355 e. The summed E-state index contributed by atoms with van der Waals surface area (Å²) in [6.45, 7) is 5.91. The van der Waals surface area contributed by atoms with Gasteiger partial charge in [-0.1, -0.05) is 25.1 Å². The molecule has 31 heavy (non-hydrogen) atoms. The predicted molar refractivity (Wildman–Crippen MR) is 121 cm³/mol. The van der Waals surface area contributed by atoms with Gasteiger partial charge in [0.05, 0.1) is 11.6 Å². The highest BCUT2D eigenvalue weighted by atomic mass is 35.5. The summed E-state index contributed by atoms with van der Waals surface area (Å²) in [5.41, 5.74) is 4.28. The van der Waals surface area contributed by atoms with Crippen molar-refractivity contribution >= 4 is 40.9 Å². The standard InChI is InChI=1S/C24H28N2O4.ClH/c1-3-24-10-6-11-25-12-9-18-17-7-4-5-8-19(17)26(21(18)22(24)25)20(15-24)23(28)30-14-13-29-16(2)27;/h4-5,7-8,15,22H,3,6,9-14H2,1-2H3;1H/t22-,24-;/m1./s1. The van der Waals surface area contributed by atoms with E-state index in [0.29, 0.717) is 11.7 Å². The van der Waals surface area contributed by atoms with Gasteiger partial charge < -0.3 is 14.0 Å². The fourth-order valence-corrected chi connectivity index (χ4v) is 5.82. The molecule has 0 aliphatic carbocycles. The molecule has 5 rings (SSSR count). The summed E-state index contributed by atoms with van der Waals surface area (Å²) in [7, 11) is 0. The number of ether oxygens (including phenoxy) is 2. The highest BCUT2D eigenvalue weighted by Gasteiger charge is 2.51. The number of carbonyl (C=O) groups excluding carboxylic acids is 2. The Kier molecular flexibility index (Phi) is 5.88. The van der Waals surface area contributed by atoms with E-state index >= 15 is 0 Å². The molecule has 0 saturated carbocycles. The highest BCUT2D eigenvalue weighted by Crippen LogP contribution is 2.57. The lowest BCUT2D eigenvalue weighted by atomic mass is 9.66. The first kappa shape index (κ1) is 21.9. The van der Waals surface area contributed by atoms with Gasteiger partial charge >= 0.3 is 11.9 Å². The second kappa shape index (κ2) is 8.32. The van der Waals surface area contributed by atoms with Crippen molar-refractivity contribution in [2.24, 2.45) is 5.41 Å². The molecule has 0 spiro atoms. The van der Waals surface area contributed by atoms with Crippen LogP contribution >= 0.6 is 12.4 Å². The molecule has 0 unspecified atom stereocenters. The fourth-order valence-electron chi connectivity index (χ4n) is 5.82. The number of carbonyl (C=O) groups is 2. The van der Waals surface area contributed by atoms with Crippen LogP contribution in [0.3, 0.4) is 0 Å². The van der Waals surface area contributed by atoms with Gasteiger partial charge in [0.15, 0.2) is 0 Å². The van der Waals surface area contributed by atoms with Crippen molar-refractivity contribution < 1.29 is 19.1 Å². The Bertz CT molecular complexity index is 1060. The first-order valence-electron chi connectivity index (χ1n) is 11.0. The van der Waals surface area contributed by atoms with E-state index in [2.05, 4.69) is 40.7 Å². The van der Waals surface area contributed by atoms with Crippen LogP contribution in [0, 0.1) is 5.41 Å². The monoisotopic (exact) mass is 444 g/mol. The van der Waals surface area contributed by atoms with Gasteiger partial charge in [-0.25, -0.2) is 4.79 Å². The highest BCUT2D eigenvalue weighted by molar-refractivity contribution is 6.13. The summed E-state index contributed by atoms with van der Waals surface area (Å²) in [4.78, 5) is 26.8. The molecule has 0 amide bonds. The van der Waals surface area contributed by atoms with Crippen LogP contribution in [-0.4, -0.2) is 47.7 Å². The Labute approximate surface area is 188 Å². The number of fused-ring (bicyclic) bond motifs is 3. The SMILES string of the molecule is CC[C@]12C=C(C(=O)OCCOC(C)=O)n3c4c(c5ccccc53)CCN(CCC1)[C@H]42.Cl. The van der Waals surface area contributed by atoms with E-state index in [4.69, 9.17) is 9.47 Å². The lowest BCUT2D eigenvalue weighted by Gasteiger charge is -2.53. The number of nitrogens with zero attached hydrogens (tertiary/aromatic N) is 2. The van der Waals surface area contributed by atoms with Crippen LogP contribution in [0.1, 0.15) is 50.4 Å². The van der Waals surface area contributed by atoms with E-state index in [1.807, 2.05) is 6.07 Å². The minimum atomic E-state index is -0.372. The van der Waals surface area contributed by atoms with Crippen molar-refractivity contribution in [3.63, 3.8) is 0 Å². The summed E-state index contributed by atoms with van der Waals surface area (Å²) in [6, 6.07) is 8.68. The second-order valence-corrected chi connectivity index (χ2v) is 8.60. The Hall–Kier alpha value is -2.31. The summed E-state index contributed by atoms with van der Waals surface area (Å²) in [5, 5.41) is 1.24. The Morgan fingerprint density at radius 1 is 1.16 bits per heavy atom. The zero-order chi connectivity index (χ0) is 20.9. The number of piperidine rings is 1. The maximum atomic E-state index is 13.2. The zero-order valence-electron chi connectivity index (χ0n) is 18.1. The number of rotatable bonds is 5. The smallest absolute Gasteiger partial charge is 0.355 e. The number of esters is 2. The van der Waals surface area contributed by atoms with Crippen LogP contribution in [0.4, 0.5) is 0 Å². The van der Waals surface area contributed by atoms with Crippen molar-refractivity contribution in [1.82, 2.24) is 9.47 Å². The third kappa shape index (κ3) is 3.37. The molecule has 0 radical (unpaired) electrons. The van der Waals surface area contributed by atoms with E-state index in [1.165, 1.54) is 23.6 Å². The van der Waals surface area contributed by atoms with E-state index in [0.717, 1.165) is 44.3 Å². The van der Waals surface area contributed by atoms with Crippen molar-refractivity contribution in [3.05, 3.63) is 41.6 Å². The van der Waals surface area contributed by atoms with Gasteiger partial charge in [-0.05, 0) is 49.9 Å². The van der Waals surface area contributed by atoms with Crippen LogP contribution in [0.15, 0.2) is 30.3 Å². The van der Waals surface area contributed by atoms with Crippen molar-refractivity contribution in [3.8, 4) is 0 Å². The Balaban J connectivity index is 0.00000231. The molecule has 0 N–H and O–H groups in total. The first-order valence-corrected chi connectivity index (χ1v) is 11.0. The summed E-state index contributed by atoms with van der Waals surface area (Å²) in [5.74, 6) is -0.719. The van der Waals surface area contributed by atoms with Gasteiger partial charge in [-0.2, -0.15) is 0 Å². The van der Waals surface area contributed by atoms with E-state index in [9.17, 15) is 9.59 Å². The lowest BCUT2D eigenvalue weighted by Crippen LogP contribution is -2.51. The van der Waals surface area contributed by atoms with Crippen LogP contribution < -0.4 is 0 Å². The van der Waals surface area contributed by atoms with Gasteiger partial charge in [0.2, 0.25) is 0 Å². The second-order valence-electron chi connectivity index (χ2n) is 8.60. The number of benzene rings is 1. The molecule has 1 saturated heterocycles. The molecule has 1 aromatic heterocycles. The average Bonchev–Trinajstić information content (AvgIpc) is 3.10. The van der Waals surface area contributed by atoms with Gasteiger partial charge in [0, 0.05) is 30.0 Å². The molecular formula is C24H29ClN2O4. The van der Waals surface area contributed by atoms with Gasteiger partial charge in [-0.15, -0.1) is 12.4 Å². The molecule has 0 bridgehead atoms. The summed E-state index contributed by atoms with van der Waals surface area (Å²) in [6.07, 6.45) is 6.40. The van der Waals surface area contributed by atoms with Crippen molar-refractivity contribution in [2.75, 3.05) is 26.3 Å². The minimum absolute atomic E-state index is 0. The molecule has 1 aromatic carbocycles. The Morgan fingerprint density at radius 3 is 2.71 bits per heavy atom. The molecule has 1 fully saturated rings. The van der Waals surface area contributed by atoms with E-state index in [1.54, 1.807) is 0 Å². The number of aromatic nitrogens is 1. The normalized spacial score (nSPS) is 24.1. The van der Waals surface area contributed by atoms with Gasteiger partial charge in [-0.3, -0.25) is 9.69 Å². The zero-order valence-corrected chi connectivity index (χ0v) is 18.9. The first-order chi connectivity index (χ1) is 14.6. The number of hydrogen-bond acceptors (Lipinski definition) is 5. The summed E-state index contributed by atoms with van der Waals surface area (Å²) >= 11 is 0. The van der Waals surface area contributed by atoms with E-state index < -0.39 is 0 Å². The van der Waals surface area contributed by atoms with Crippen molar-refractivity contribution in [2.45, 2.75) is 45.6 Å². The quantitative estimate of drug-likeness (QED) is 0.513. The third-order valence-corrected chi connectivity index (χ3v) is 7.08. The molecule has 3 aliphatic rings. The Morgan fingerprint density at radius 2 is 1.94 bits per heavy atom. The fraction of sp³-hybridized carbons (Fsp3) is 0.500. The topological polar surface area (TPSA) is 60.8 Å². The molecule has 6 nitrogen and oxygen atoms in total. The molecule has 2 atom stereocenters. The molecule has 166 valence electrons. The van der Waals surface area contributed by atoms with Crippen LogP contribution in [0.25, 0.3) is 16.6 Å². The van der Waals surface area contributed by atoms with Crippen LogP contribution in [-0.2, 0) is 25.5 Å². The van der Waals surface area contributed by atoms with Crippen molar-refractivity contribution in [1.29, 1.82) is 0 Å². The molecule has 3 aliphatic heterocycles. The molecular weight excluding hydrogens is 416 g/mol. The summed E-state index contributed by atoms with van der Waals surface area (Å²) < 4.78 is 12.6. The molecule has 2 aromatic rings. The number of para-hydroxylation sites is 1. The number of halogens is 1. The van der Waals surface area contributed by atoms with Crippen LogP contribution in [0.2, 0.25) is 0 Å².